The fourth-order valence-corrected chi connectivity index (χ4v) is 2.94. The van der Waals surface area contributed by atoms with Crippen LogP contribution >= 0.6 is 15.9 Å². The van der Waals surface area contributed by atoms with E-state index in [4.69, 9.17) is 5.11 Å². The second kappa shape index (κ2) is 6.21. The summed E-state index contributed by atoms with van der Waals surface area (Å²) in [4.78, 5) is 2.27. The first-order valence-corrected chi connectivity index (χ1v) is 7.09. The van der Waals surface area contributed by atoms with Gasteiger partial charge < -0.3 is 10.0 Å². The number of anilines is 1. The van der Waals surface area contributed by atoms with Gasteiger partial charge in [-0.2, -0.15) is 5.26 Å². The van der Waals surface area contributed by atoms with E-state index in [1.54, 1.807) is 0 Å². The predicted molar refractivity (Wildman–Crippen MR) is 75.5 cm³/mol. The number of hydrogen-bond acceptors (Lipinski definition) is 3. The van der Waals surface area contributed by atoms with Gasteiger partial charge in [-0.3, -0.25) is 0 Å². The van der Waals surface area contributed by atoms with Crippen molar-refractivity contribution in [3.63, 3.8) is 0 Å². The minimum atomic E-state index is 0.254. The highest BCUT2D eigenvalue weighted by atomic mass is 79.9. The lowest BCUT2D eigenvalue weighted by atomic mass is 9.94. The zero-order chi connectivity index (χ0) is 13.0. The Balaban J connectivity index is 2.18. The topological polar surface area (TPSA) is 47.3 Å². The van der Waals surface area contributed by atoms with Crippen LogP contribution in [0.5, 0.6) is 0 Å². The van der Waals surface area contributed by atoms with Crippen molar-refractivity contribution in [1.29, 1.82) is 5.26 Å². The summed E-state index contributed by atoms with van der Waals surface area (Å²) in [5.74, 6) is 0.541. The minimum absolute atomic E-state index is 0.254. The molecule has 0 saturated carbocycles. The quantitative estimate of drug-likeness (QED) is 0.934. The van der Waals surface area contributed by atoms with Gasteiger partial charge in [-0.25, -0.2) is 0 Å². The van der Waals surface area contributed by atoms with Gasteiger partial charge in [0.2, 0.25) is 0 Å². The molecule has 1 aliphatic heterocycles. The Hall–Kier alpha value is -1.05. The molecule has 0 spiro atoms. The first kappa shape index (κ1) is 13.4. The van der Waals surface area contributed by atoms with Gasteiger partial charge in [0, 0.05) is 24.2 Å². The Morgan fingerprint density at radius 1 is 1.50 bits per heavy atom. The highest BCUT2D eigenvalue weighted by Crippen LogP contribution is 2.29. The maximum atomic E-state index is 9.21. The van der Waals surface area contributed by atoms with Gasteiger partial charge in [-0.15, -0.1) is 0 Å². The Morgan fingerprint density at radius 2 is 2.33 bits per heavy atom. The molecule has 1 aliphatic rings. The number of halogens is 1. The summed E-state index contributed by atoms with van der Waals surface area (Å²) in [5, 5.41) is 18.2. The lowest BCUT2D eigenvalue weighted by molar-refractivity contribution is 0.244. The molecule has 1 fully saturated rings. The van der Waals surface area contributed by atoms with E-state index in [2.05, 4.69) is 26.9 Å². The molecule has 0 bridgehead atoms. The monoisotopic (exact) mass is 308 g/mol. The summed E-state index contributed by atoms with van der Waals surface area (Å²) in [5.41, 5.74) is 1.73. The second-order valence-corrected chi connectivity index (χ2v) is 5.66. The molecule has 3 nitrogen and oxygen atoms in total. The summed E-state index contributed by atoms with van der Waals surface area (Å²) in [6.45, 7) is 2.19. The molecule has 1 N–H and O–H groups in total. The van der Waals surface area contributed by atoms with Crippen molar-refractivity contribution in [2.45, 2.75) is 19.3 Å². The van der Waals surface area contributed by atoms with E-state index in [0.29, 0.717) is 11.5 Å². The first-order valence-electron chi connectivity index (χ1n) is 6.30. The summed E-state index contributed by atoms with van der Waals surface area (Å²) in [7, 11) is 0. The molecule has 0 aliphatic carbocycles. The summed E-state index contributed by atoms with van der Waals surface area (Å²) >= 11 is 3.40. The average Bonchev–Trinajstić information content (AvgIpc) is 2.39. The van der Waals surface area contributed by atoms with Gasteiger partial charge in [0.05, 0.1) is 11.3 Å². The van der Waals surface area contributed by atoms with E-state index in [1.165, 1.54) is 6.42 Å². The van der Waals surface area contributed by atoms with Crippen molar-refractivity contribution in [2.24, 2.45) is 5.92 Å². The van der Waals surface area contributed by atoms with Crippen LogP contribution < -0.4 is 4.90 Å². The van der Waals surface area contributed by atoms with Crippen LogP contribution in [0, 0.1) is 17.2 Å². The first-order chi connectivity index (χ1) is 8.74. The number of aliphatic hydroxyl groups excluding tert-OH is 1. The fourth-order valence-electron chi connectivity index (χ4n) is 2.58. The molecule has 1 aromatic carbocycles. The van der Waals surface area contributed by atoms with Crippen LogP contribution in [0.15, 0.2) is 22.7 Å². The largest absolute Gasteiger partial charge is 0.396 e. The van der Waals surface area contributed by atoms with Gasteiger partial charge in [-0.1, -0.05) is 15.9 Å². The lowest BCUT2D eigenvalue weighted by Crippen LogP contribution is -2.36. The highest BCUT2D eigenvalue weighted by Gasteiger charge is 2.21. The standard InChI is InChI=1S/C14H17BrN2O/c15-13-3-4-14(12(8-13)9-16)17-6-1-2-11(10-17)5-7-18/h3-4,8,11,18H,1-2,5-7,10H2. The molecule has 1 atom stereocenters. The summed E-state index contributed by atoms with van der Waals surface area (Å²) < 4.78 is 0.937. The molecule has 4 heteroatoms. The molecule has 1 aromatic rings. The zero-order valence-electron chi connectivity index (χ0n) is 10.3. The molecule has 1 heterocycles. The Morgan fingerprint density at radius 3 is 3.06 bits per heavy atom. The van der Waals surface area contributed by atoms with E-state index in [9.17, 15) is 5.26 Å². The van der Waals surface area contributed by atoms with Gasteiger partial charge in [-0.05, 0) is 43.4 Å². The van der Waals surface area contributed by atoms with Gasteiger partial charge >= 0.3 is 0 Å². The van der Waals surface area contributed by atoms with Crippen LogP contribution in [-0.4, -0.2) is 24.8 Å². The van der Waals surface area contributed by atoms with E-state index in [1.807, 2.05) is 18.2 Å². The number of nitriles is 1. The van der Waals surface area contributed by atoms with E-state index < -0.39 is 0 Å². The van der Waals surface area contributed by atoms with Crippen LogP contribution in [0.2, 0.25) is 0 Å². The predicted octanol–water partition coefficient (Wildman–Crippen LogP) is 2.92. The fraction of sp³-hybridized carbons (Fsp3) is 0.500. The Bertz CT molecular complexity index is 454. The smallest absolute Gasteiger partial charge is 0.101 e. The molecular formula is C14H17BrN2O. The maximum absolute atomic E-state index is 9.21. The summed E-state index contributed by atoms with van der Waals surface area (Å²) in [6.07, 6.45) is 3.16. The second-order valence-electron chi connectivity index (χ2n) is 4.74. The van der Waals surface area contributed by atoms with Crippen molar-refractivity contribution in [2.75, 3.05) is 24.6 Å². The number of piperidine rings is 1. The van der Waals surface area contributed by atoms with E-state index in [0.717, 1.165) is 36.1 Å². The van der Waals surface area contributed by atoms with Crippen LogP contribution in [0.1, 0.15) is 24.8 Å². The van der Waals surface area contributed by atoms with Crippen LogP contribution in [0.3, 0.4) is 0 Å². The molecule has 18 heavy (non-hydrogen) atoms. The van der Waals surface area contributed by atoms with Gasteiger partial charge in [0.1, 0.15) is 6.07 Å². The van der Waals surface area contributed by atoms with Crippen molar-refractivity contribution >= 4 is 21.6 Å². The number of aliphatic hydroxyl groups is 1. The highest BCUT2D eigenvalue weighted by molar-refractivity contribution is 9.10. The van der Waals surface area contributed by atoms with Gasteiger partial charge in [0.15, 0.2) is 0 Å². The molecule has 96 valence electrons. The number of nitrogens with zero attached hydrogens (tertiary/aromatic N) is 2. The van der Waals surface area contributed by atoms with Gasteiger partial charge in [0.25, 0.3) is 0 Å². The molecule has 1 saturated heterocycles. The van der Waals surface area contributed by atoms with Crippen molar-refractivity contribution < 1.29 is 5.11 Å². The van der Waals surface area contributed by atoms with E-state index >= 15 is 0 Å². The Kier molecular flexibility index (Phi) is 4.62. The van der Waals surface area contributed by atoms with Crippen molar-refractivity contribution in [3.05, 3.63) is 28.2 Å². The Labute approximate surface area is 116 Å². The average molecular weight is 309 g/mol. The molecule has 2 rings (SSSR count). The number of hydrogen-bond donors (Lipinski definition) is 1. The molecule has 0 radical (unpaired) electrons. The molecule has 1 unspecified atom stereocenters. The van der Waals surface area contributed by atoms with Crippen LogP contribution in [0.25, 0.3) is 0 Å². The van der Waals surface area contributed by atoms with Crippen molar-refractivity contribution in [1.82, 2.24) is 0 Å². The molecule has 0 amide bonds. The number of benzene rings is 1. The third kappa shape index (κ3) is 3.04. The lowest BCUT2D eigenvalue weighted by Gasteiger charge is -2.34. The number of rotatable bonds is 3. The third-order valence-corrected chi connectivity index (χ3v) is 3.97. The van der Waals surface area contributed by atoms with Crippen LogP contribution in [-0.2, 0) is 0 Å². The maximum Gasteiger partial charge on any atom is 0.101 e. The minimum Gasteiger partial charge on any atom is -0.396 e. The summed E-state index contributed by atoms with van der Waals surface area (Å²) in [6, 6.07) is 8.11. The van der Waals surface area contributed by atoms with Crippen molar-refractivity contribution in [3.8, 4) is 6.07 Å². The van der Waals surface area contributed by atoms with Crippen LogP contribution in [0.4, 0.5) is 5.69 Å². The van der Waals surface area contributed by atoms with E-state index in [-0.39, 0.29) is 6.61 Å². The molecule has 0 aromatic heterocycles. The molecular weight excluding hydrogens is 292 g/mol. The SMILES string of the molecule is N#Cc1cc(Br)ccc1N1CCCC(CCO)C1. The zero-order valence-corrected chi connectivity index (χ0v) is 11.9. The third-order valence-electron chi connectivity index (χ3n) is 3.48. The normalized spacial score (nSPS) is 19.6.